The quantitative estimate of drug-likeness (QED) is 0.584. The lowest BCUT2D eigenvalue weighted by molar-refractivity contribution is -0.0986. The number of alkyl halides is 1. The molecule has 1 saturated heterocycles. The van der Waals surface area contributed by atoms with Crippen LogP contribution < -0.4 is 11.2 Å². The number of aromatic nitrogens is 2. The highest BCUT2D eigenvalue weighted by Gasteiger charge is 2.50. The molecule has 1 aliphatic rings. The highest BCUT2D eigenvalue weighted by atomic mass is 79.9. The summed E-state index contributed by atoms with van der Waals surface area (Å²) < 4.78 is 6.47. The average molecular weight is 321 g/mol. The molecule has 1 aromatic rings. The maximum atomic E-state index is 11.8. The number of nitrogens with one attached hydrogen (secondary N) is 1. The highest BCUT2D eigenvalue weighted by molar-refractivity contribution is 9.09. The van der Waals surface area contributed by atoms with Crippen molar-refractivity contribution in [1.82, 2.24) is 9.55 Å². The Morgan fingerprint density at radius 1 is 1.67 bits per heavy atom. The van der Waals surface area contributed by atoms with Crippen molar-refractivity contribution in [3.63, 3.8) is 0 Å². The molecule has 0 radical (unpaired) electrons. The third-order valence-electron chi connectivity index (χ3n) is 3.03. The van der Waals surface area contributed by atoms with Crippen LogP contribution in [0.15, 0.2) is 15.8 Å². The smallest absolute Gasteiger partial charge is 0.330 e. The Labute approximate surface area is 110 Å². The SMILES string of the molecule is Cc1cn([C@@]2(CO)OC[C@H](O)[C@H]2Br)c(=O)[nH]c1=O. The fraction of sp³-hybridized carbons (Fsp3) is 0.600. The zero-order valence-electron chi connectivity index (χ0n) is 9.59. The van der Waals surface area contributed by atoms with Crippen molar-refractivity contribution in [1.29, 1.82) is 0 Å². The van der Waals surface area contributed by atoms with E-state index in [0.717, 1.165) is 4.57 Å². The molecule has 18 heavy (non-hydrogen) atoms. The van der Waals surface area contributed by atoms with Gasteiger partial charge in [-0.15, -0.1) is 0 Å². The Morgan fingerprint density at radius 3 is 2.83 bits per heavy atom. The lowest BCUT2D eigenvalue weighted by Gasteiger charge is -2.31. The number of aryl methyl sites for hydroxylation is 1. The number of aromatic amines is 1. The Bertz CT molecular complexity index is 568. The summed E-state index contributed by atoms with van der Waals surface area (Å²) in [7, 11) is 0. The van der Waals surface area contributed by atoms with Crippen LogP contribution >= 0.6 is 15.9 Å². The summed E-state index contributed by atoms with van der Waals surface area (Å²) in [5.41, 5.74) is -2.29. The van der Waals surface area contributed by atoms with Crippen molar-refractivity contribution in [2.24, 2.45) is 0 Å². The zero-order valence-corrected chi connectivity index (χ0v) is 11.2. The molecular weight excluding hydrogens is 308 g/mol. The Kier molecular flexibility index (Phi) is 3.45. The molecule has 7 nitrogen and oxygen atoms in total. The van der Waals surface area contributed by atoms with Crippen LogP contribution in [0.25, 0.3) is 0 Å². The molecule has 0 saturated carbocycles. The molecule has 2 rings (SSSR count). The van der Waals surface area contributed by atoms with Gasteiger partial charge >= 0.3 is 5.69 Å². The van der Waals surface area contributed by atoms with Gasteiger partial charge in [0.05, 0.1) is 24.1 Å². The topological polar surface area (TPSA) is 105 Å². The van der Waals surface area contributed by atoms with E-state index in [4.69, 9.17) is 4.74 Å². The van der Waals surface area contributed by atoms with Gasteiger partial charge in [0.15, 0.2) is 5.72 Å². The Morgan fingerprint density at radius 2 is 2.33 bits per heavy atom. The second-order valence-corrected chi connectivity index (χ2v) is 5.21. The van der Waals surface area contributed by atoms with Gasteiger partial charge in [0.25, 0.3) is 5.56 Å². The summed E-state index contributed by atoms with van der Waals surface area (Å²) in [5.74, 6) is 0. The minimum absolute atomic E-state index is 0.0128. The summed E-state index contributed by atoms with van der Waals surface area (Å²) in [5, 5.41) is 19.2. The average Bonchev–Trinajstić information content (AvgIpc) is 2.62. The molecular formula is C10H13BrN2O5. The van der Waals surface area contributed by atoms with E-state index >= 15 is 0 Å². The lowest BCUT2D eigenvalue weighted by Crippen LogP contribution is -2.52. The Hall–Kier alpha value is -0.960. The first kappa shape index (κ1) is 13.5. The second kappa shape index (κ2) is 4.61. The predicted molar refractivity (Wildman–Crippen MR) is 65.8 cm³/mol. The first-order chi connectivity index (χ1) is 8.42. The number of aliphatic hydroxyl groups is 2. The molecule has 2 heterocycles. The summed E-state index contributed by atoms with van der Waals surface area (Å²) in [6.07, 6.45) is 0.459. The van der Waals surface area contributed by atoms with Crippen LogP contribution in [0.2, 0.25) is 0 Å². The fourth-order valence-corrected chi connectivity index (χ4v) is 2.60. The van der Waals surface area contributed by atoms with Gasteiger partial charge < -0.3 is 14.9 Å². The lowest BCUT2D eigenvalue weighted by atomic mass is 10.1. The molecule has 0 amide bonds. The minimum atomic E-state index is -1.41. The van der Waals surface area contributed by atoms with Gasteiger partial charge in [0, 0.05) is 11.8 Å². The molecule has 1 aliphatic heterocycles. The maximum absolute atomic E-state index is 11.8. The van der Waals surface area contributed by atoms with Crippen LogP contribution in [0, 0.1) is 6.92 Å². The third-order valence-corrected chi connectivity index (χ3v) is 4.35. The largest absolute Gasteiger partial charge is 0.391 e. The number of nitrogens with zero attached hydrogens (tertiary/aromatic N) is 1. The van der Waals surface area contributed by atoms with Crippen molar-refractivity contribution in [3.8, 4) is 0 Å². The summed E-state index contributed by atoms with van der Waals surface area (Å²) in [6, 6.07) is 0. The highest BCUT2D eigenvalue weighted by Crippen LogP contribution is 2.35. The van der Waals surface area contributed by atoms with Crippen LogP contribution in [-0.4, -0.2) is 43.9 Å². The molecule has 1 aromatic heterocycles. The van der Waals surface area contributed by atoms with Gasteiger partial charge in [-0.25, -0.2) is 4.79 Å². The molecule has 8 heteroatoms. The molecule has 0 bridgehead atoms. The van der Waals surface area contributed by atoms with E-state index in [9.17, 15) is 19.8 Å². The third kappa shape index (κ3) is 1.85. The Balaban J connectivity index is 2.63. The molecule has 0 unspecified atom stereocenters. The number of ether oxygens (including phenoxy) is 1. The number of aliphatic hydroxyl groups excluding tert-OH is 2. The van der Waals surface area contributed by atoms with Crippen LogP contribution in [-0.2, 0) is 10.5 Å². The van der Waals surface area contributed by atoms with Crippen LogP contribution in [0.1, 0.15) is 5.56 Å². The van der Waals surface area contributed by atoms with Crippen molar-refractivity contribution in [2.75, 3.05) is 13.2 Å². The summed E-state index contributed by atoms with van der Waals surface area (Å²) in [4.78, 5) is 24.6. The molecule has 0 aliphatic carbocycles. The number of rotatable bonds is 2. The predicted octanol–water partition coefficient (Wildman–Crippen LogP) is -1.36. The monoisotopic (exact) mass is 320 g/mol. The van der Waals surface area contributed by atoms with E-state index < -0.39 is 34.5 Å². The molecule has 0 spiro atoms. The molecule has 3 N–H and O–H groups in total. The number of H-pyrrole nitrogens is 1. The van der Waals surface area contributed by atoms with Crippen molar-refractivity contribution in [2.45, 2.75) is 23.6 Å². The number of halogens is 1. The minimum Gasteiger partial charge on any atom is -0.391 e. The van der Waals surface area contributed by atoms with Gasteiger partial charge in [-0.05, 0) is 6.92 Å². The van der Waals surface area contributed by atoms with Gasteiger partial charge in [0.1, 0.15) is 0 Å². The molecule has 0 aromatic carbocycles. The maximum Gasteiger partial charge on any atom is 0.330 e. The number of hydrogen-bond acceptors (Lipinski definition) is 5. The first-order valence-electron chi connectivity index (χ1n) is 5.32. The van der Waals surface area contributed by atoms with E-state index in [1.54, 1.807) is 0 Å². The summed E-state index contributed by atoms with van der Waals surface area (Å²) in [6.45, 7) is 1.01. The van der Waals surface area contributed by atoms with Crippen LogP contribution in [0.3, 0.4) is 0 Å². The van der Waals surface area contributed by atoms with Gasteiger partial charge in [-0.1, -0.05) is 15.9 Å². The van der Waals surface area contributed by atoms with Crippen molar-refractivity contribution < 1.29 is 14.9 Å². The zero-order chi connectivity index (χ0) is 13.5. The van der Waals surface area contributed by atoms with Crippen LogP contribution in [0.4, 0.5) is 0 Å². The van der Waals surface area contributed by atoms with E-state index in [2.05, 4.69) is 20.9 Å². The van der Waals surface area contributed by atoms with Crippen molar-refractivity contribution in [3.05, 3.63) is 32.6 Å². The van der Waals surface area contributed by atoms with E-state index in [-0.39, 0.29) is 6.61 Å². The van der Waals surface area contributed by atoms with Crippen LogP contribution in [0.5, 0.6) is 0 Å². The summed E-state index contributed by atoms with van der Waals surface area (Å²) >= 11 is 3.21. The second-order valence-electron chi connectivity index (χ2n) is 4.22. The van der Waals surface area contributed by atoms with Gasteiger partial charge in [0.2, 0.25) is 0 Å². The van der Waals surface area contributed by atoms with E-state index in [0.29, 0.717) is 5.56 Å². The standard InChI is InChI=1S/C10H13BrN2O5/c1-5-2-13(9(17)12-8(5)16)10(4-14)7(11)6(15)3-18-10/h2,6-7,14-15H,3-4H2,1H3,(H,12,16,17)/t6-,7+,10-/m0/s1. The first-order valence-corrected chi connectivity index (χ1v) is 6.24. The van der Waals surface area contributed by atoms with E-state index in [1.165, 1.54) is 13.1 Å². The van der Waals surface area contributed by atoms with Crippen molar-refractivity contribution >= 4 is 15.9 Å². The molecule has 1 fully saturated rings. The molecule has 100 valence electrons. The van der Waals surface area contributed by atoms with Gasteiger partial charge in [-0.3, -0.25) is 14.3 Å². The normalized spacial score (nSPS) is 31.8. The van der Waals surface area contributed by atoms with E-state index in [1.807, 2.05) is 0 Å². The fourth-order valence-electron chi connectivity index (χ4n) is 1.95. The molecule has 3 atom stereocenters. The van der Waals surface area contributed by atoms with Gasteiger partial charge in [-0.2, -0.15) is 0 Å². The number of hydrogen-bond donors (Lipinski definition) is 3.